The number of carbonyl (C=O) groups is 1. The fraction of sp³-hybridized carbons (Fsp3) is 0.278. The van der Waals surface area contributed by atoms with Crippen molar-refractivity contribution in [3.63, 3.8) is 0 Å². The van der Waals surface area contributed by atoms with Gasteiger partial charge in [-0.3, -0.25) is 4.79 Å². The van der Waals surface area contributed by atoms with Gasteiger partial charge in [0.25, 0.3) is 0 Å². The number of rotatable bonds is 7. The molecule has 2 aromatic carbocycles. The molecule has 2 aromatic rings. The van der Waals surface area contributed by atoms with Crippen LogP contribution in [-0.4, -0.2) is 26.3 Å². The third-order valence-corrected chi connectivity index (χ3v) is 6.04. The molecule has 1 unspecified atom stereocenters. The van der Waals surface area contributed by atoms with Gasteiger partial charge in [-0.05, 0) is 42.3 Å². The Morgan fingerprint density at radius 2 is 1.88 bits per heavy atom. The van der Waals surface area contributed by atoms with Crippen LogP contribution in [0.3, 0.4) is 0 Å². The predicted octanol–water partition coefficient (Wildman–Crippen LogP) is 3.99. The topological polar surface area (TPSA) is 63.2 Å². The number of carbonyl (C=O) groups excluding carboxylic acids is 1. The van der Waals surface area contributed by atoms with E-state index in [0.29, 0.717) is 16.3 Å². The fourth-order valence-corrected chi connectivity index (χ4v) is 3.88. The molecule has 2 rings (SSSR count). The van der Waals surface area contributed by atoms with E-state index in [1.807, 2.05) is 6.92 Å². The fourth-order valence-electron chi connectivity index (χ4n) is 2.26. The van der Waals surface area contributed by atoms with Gasteiger partial charge < -0.3 is 5.32 Å². The van der Waals surface area contributed by atoms with Crippen molar-refractivity contribution in [2.24, 2.45) is 0 Å². The standard InChI is InChI=1S/C18H19ClFNO3S2/c1-12(13-4-7-16(8-5-13)26(2,23)24)21-18(22)11-25-10-14-3-6-15(19)9-17(14)20/h3-9,12H,10-11H2,1-2H3,(H,21,22). The number of hydrogen-bond acceptors (Lipinski definition) is 4. The van der Waals surface area contributed by atoms with Gasteiger partial charge in [-0.15, -0.1) is 11.8 Å². The first-order chi connectivity index (χ1) is 12.2. The summed E-state index contributed by atoms with van der Waals surface area (Å²) in [6, 6.07) is 10.6. The second-order valence-corrected chi connectivity index (χ2v) is 9.30. The van der Waals surface area contributed by atoms with Crippen molar-refractivity contribution in [3.8, 4) is 0 Å². The van der Waals surface area contributed by atoms with Crippen molar-refractivity contribution in [2.45, 2.75) is 23.6 Å². The van der Waals surface area contributed by atoms with E-state index in [9.17, 15) is 17.6 Å². The third kappa shape index (κ3) is 6.00. The van der Waals surface area contributed by atoms with Crippen LogP contribution in [0.5, 0.6) is 0 Å². The minimum absolute atomic E-state index is 0.177. The van der Waals surface area contributed by atoms with Crippen LogP contribution in [0.4, 0.5) is 4.39 Å². The summed E-state index contributed by atoms with van der Waals surface area (Å²) in [4.78, 5) is 12.3. The van der Waals surface area contributed by atoms with Crippen LogP contribution in [0.15, 0.2) is 47.4 Å². The molecule has 4 nitrogen and oxygen atoms in total. The normalized spacial score (nSPS) is 12.6. The van der Waals surface area contributed by atoms with Crippen molar-refractivity contribution in [2.75, 3.05) is 12.0 Å². The van der Waals surface area contributed by atoms with Gasteiger partial charge in [0.1, 0.15) is 5.82 Å². The van der Waals surface area contributed by atoms with Gasteiger partial charge in [0.2, 0.25) is 5.91 Å². The van der Waals surface area contributed by atoms with Crippen molar-refractivity contribution in [1.29, 1.82) is 0 Å². The van der Waals surface area contributed by atoms with Crippen LogP contribution in [0.2, 0.25) is 5.02 Å². The summed E-state index contributed by atoms with van der Waals surface area (Å²) in [5, 5.41) is 3.18. The molecule has 0 aromatic heterocycles. The molecule has 0 aliphatic heterocycles. The van der Waals surface area contributed by atoms with E-state index in [1.165, 1.54) is 30.0 Å². The van der Waals surface area contributed by atoms with Crippen LogP contribution < -0.4 is 5.32 Å². The average Bonchev–Trinajstić information content (AvgIpc) is 2.56. The lowest BCUT2D eigenvalue weighted by molar-refractivity contribution is -0.119. The number of amides is 1. The Labute approximate surface area is 162 Å². The van der Waals surface area contributed by atoms with Gasteiger partial charge in [0.15, 0.2) is 9.84 Å². The Morgan fingerprint density at radius 3 is 2.46 bits per heavy atom. The Hall–Kier alpha value is -1.57. The molecule has 26 heavy (non-hydrogen) atoms. The Morgan fingerprint density at radius 1 is 1.23 bits per heavy atom. The number of thioether (sulfide) groups is 1. The Kier molecular flexibility index (Phi) is 7.08. The molecule has 1 atom stereocenters. The van der Waals surface area contributed by atoms with E-state index in [4.69, 9.17) is 11.6 Å². The lowest BCUT2D eigenvalue weighted by atomic mass is 10.1. The first-order valence-corrected chi connectivity index (χ1v) is 11.2. The highest BCUT2D eigenvalue weighted by Gasteiger charge is 2.12. The van der Waals surface area contributed by atoms with Gasteiger partial charge in [-0.25, -0.2) is 12.8 Å². The lowest BCUT2D eigenvalue weighted by Crippen LogP contribution is -2.28. The predicted molar refractivity (Wildman–Crippen MR) is 104 cm³/mol. The molecule has 0 heterocycles. The van der Waals surface area contributed by atoms with Crippen molar-refractivity contribution >= 4 is 39.1 Å². The summed E-state index contributed by atoms with van der Waals surface area (Å²) in [5.74, 6) is -0.00406. The second-order valence-electron chi connectivity index (χ2n) is 5.86. The van der Waals surface area contributed by atoms with Crippen molar-refractivity contribution in [1.82, 2.24) is 5.32 Å². The van der Waals surface area contributed by atoms with Gasteiger partial charge >= 0.3 is 0 Å². The number of sulfone groups is 1. The smallest absolute Gasteiger partial charge is 0.230 e. The molecule has 0 bridgehead atoms. The molecule has 140 valence electrons. The molecule has 0 aliphatic rings. The maximum absolute atomic E-state index is 13.7. The SMILES string of the molecule is CC(NC(=O)CSCc1ccc(Cl)cc1F)c1ccc(S(C)(=O)=O)cc1. The van der Waals surface area contributed by atoms with Crippen LogP contribution in [-0.2, 0) is 20.4 Å². The van der Waals surface area contributed by atoms with E-state index in [2.05, 4.69) is 5.32 Å². The molecule has 8 heteroatoms. The minimum atomic E-state index is -3.24. The first-order valence-electron chi connectivity index (χ1n) is 7.78. The zero-order valence-corrected chi connectivity index (χ0v) is 16.7. The van der Waals surface area contributed by atoms with Crippen molar-refractivity contribution < 1.29 is 17.6 Å². The lowest BCUT2D eigenvalue weighted by Gasteiger charge is -2.14. The van der Waals surface area contributed by atoms with E-state index >= 15 is 0 Å². The molecule has 1 amide bonds. The Bertz CT molecular complexity index is 886. The van der Waals surface area contributed by atoms with Crippen LogP contribution in [0, 0.1) is 5.82 Å². The number of benzene rings is 2. The average molecular weight is 416 g/mol. The highest BCUT2D eigenvalue weighted by atomic mass is 35.5. The maximum atomic E-state index is 13.7. The molecule has 1 N–H and O–H groups in total. The molecule has 0 saturated carbocycles. The zero-order chi connectivity index (χ0) is 19.3. The van der Waals surface area contributed by atoms with Gasteiger partial charge in [-0.1, -0.05) is 29.8 Å². The number of halogens is 2. The maximum Gasteiger partial charge on any atom is 0.230 e. The highest BCUT2D eigenvalue weighted by Crippen LogP contribution is 2.20. The first kappa shape index (κ1) is 20.7. The van der Waals surface area contributed by atoms with Crippen molar-refractivity contribution in [3.05, 3.63) is 64.4 Å². The number of hydrogen-bond donors (Lipinski definition) is 1. The van der Waals surface area contributed by atoms with E-state index in [0.717, 1.165) is 11.8 Å². The van der Waals surface area contributed by atoms with Crippen LogP contribution >= 0.6 is 23.4 Å². The quantitative estimate of drug-likeness (QED) is 0.742. The molecule has 0 fully saturated rings. The summed E-state index contributed by atoms with van der Waals surface area (Å²) in [6.07, 6.45) is 1.15. The molecule has 0 aliphatic carbocycles. The second kappa shape index (κ2) is 8.88. The minimum Gasteiger partial charge on any atom is -0.349 e. The van der Waals surface area contributed by atoms with E-state index in [-0.39, 0.29) is 28.4 Å². The summed E-state index contributed by atoms with van der Waals surface area (Å²) in [5.41, 5.74) is 1.30. The number of nitrogens with one attached hydrogen (secondary N) is 1. The van der Waals surface area contributed by atoms with E-state index < -0.39 is 9.84 Å². The van der Waals surface area contributed by atoms with Crippen LogP contribution in [0.25, 0.3) is 0 Å². The third-order valence-electron chi connectivity index (χ3n) is 3.69. The van der Waals surface area contributed by atoms with Gasteiger partial charge in [0.05, 0.1) is 16.7 Å². The molecular weight excluding hydrogens is 397 g/mol. The van der Waals surface area contributed by atoms with E-state index in [1.54, 1.807) is 24.3 Å². The monoisotopic (exact) mass is 415 g/mol. The van der Waals surface area contributed by atoms with Gasteiger partial charge in [-0.2, -0.15) is 0 Å². The van der Waals surface area contributed by atoms with Gasteiger partial charge in [0, 0.05) is 17.0 Å². The Balaban J connectivity index is 1.85. The molecular formula is C18H19ClFNO3S2. The zero-order valence-electron chi connectivity index (χ0n) is 14.3. The van der Waals surface area contributed by atoms with Crippen LogP contribution in [0.1, 0.15) is 24.1 Å². The largest absolute Gasteiger partial charge is 0.349 e. The summed E-state index contributed by atoms with van der Waals surface area (Å²) in [7, 11) is -3.24. The highest BCUT2D eigenvalue weighted by molar-refractivity contribution is 7.99. The summed E-state index contributed by atoms with van der Waals surface area (Å²) >= 11 is 7.01. The molecule has 0 saturated heterocycles. The summed E-state index contributed by atoms with van der Waals surface area (Å²) in [6.45, 7) is 1.82. The molecule has 0 spiro atoms. The summed E-state index contributed by atoms with van der Waals surface area (Å²) < 4.78 is 36.6. The molecule has 0 radical (unpaired) electrons.